The van der Waals surface area contributed by atoms with Crippen LogP contribution in [0.25, 0.3) is 11.0 Å². The van der Waals surface area contributed by atoms with E-state index in [0.29, 0.717) is 12.1 Å². The van der Waals surface area contributed by atoms with Crippen LogP contribution in [0.4, 0.5) is 5.69 Å². The Bertz CT molecular complexity index is 955. The summed E-state index contributed by atoms with van der Waals surface area (Å²) in [7, 11) is 0. The number of carbonyl (C=O) groups is 2. The highest BCUT2D eigenvalue weighted by Gasteiger charge is 2.20. The number of benzene rings is 1. The van der Waals surface area contributed by atoms with E-state index >= 15 is 0 Å². The fraction of sp³-hybridized carbons (Fsp3) is 0.316. The van der Waals surface area contributed by atoms with Gasteiger partial charge >= 0.3 is 5.97 Å². The predicted molar refractivity (Wildman–Crippen MR) is 97.7 cm³/mol. The van der Waals surface area contributed by atoms with Gasteiger partial charge in [0.2, 0.25) is 0 Å². The van der Waals surface area contributed by atoms with Gasteiger partial charge in [-0.25, -0.2) is 9.78 Å². The second-order valence-electron chi connectivity index (χ2n) is 6.08. The van der Waals surface area contributed by atoms with Crippen molar-refractivity contribution in [3.05, 3.63) is 47.2 Å². The number of carboxylic acids is 1. The minimum atomic E-state index is -1.11. The molecule has 0 saturated heterocycles. The molecule has 0 atom stereocenters. The Morgan fingerprint density at radius 2 is 2.08 bits per heavy atom. The molecule has 0 aliphatic rings. The molecule has 0 spiro atoms. The first kappa shape index (κ1) is 17.7. The number of nitrogens with one attached hydrogen (secondary N) is 2. The average Bonchev–Trinajstić information content (AvgIpc) is 3.23. The lowest BCUT2D eigenvalue weighted by molar-refractivity contribution is 0.0694. The molecule has 7 heteroatoms. The van der Waals surface area contributed by atoms with Crippen LogP contribution in [0.1, 0.15) is 59.2 Å². The maximum Gasteiger partial charge on any atom is 0.339 e. The largest absolute Gasteiger partial charge is 0.478 e. The zero-order chi connectivity index (χ0) is 18.7. The van der Waals surface area contributed by atoms with Gasteiger partial charge in [-0.3, -0.25) is 4.79 Å². The van der Waals surface area contributed by atoms with Crippen molar-refractivity contribution in [2.24, 2.45) is 0 Å². The van der Waals surface area contributed by atoms with Gasteiger partial charge in [-0.1, -0.05) is 20.3 Å². The molecule has 0 radical (unpaired) electrons. The van der Waals surface area contributed by atoms with E-state index in [1.54, 1.807) is 19.1 Å². The van der Waals surface area contributed by atoms with Crippen molar-refractivity contribution in [2.75, 3.05) is 5.32 Å². The van der Waals surface area contributed by atoms with Gasteiger partial charge in [-0.2, -0.15) is 0 Å². The van der Waals surface area contributed by atoms with Gasteiger partial charge in [0.1, 0.15) is 17.1 Å². The standard InChI is InChI=1S/C19H21N3O4/c1-3-5-6-17-21-13-8-7-11(9-14(13)22-17)20-18(23)16-10-12(19(24)25)15(4-2)26-16/h7-10H,3-6H2,1-2H3,(H,20,23)(H,21,22)(H,24,25). The van der Waals surface area contributed by atoms with Crippen LogP contribution in [0.2, 0.25) is 0 Å². The number of anilines is 1. The Labute approximate surface area is 150 Å². The van der Waals surface area contributed by atoms with Gasteiger partial charge in [0.25, 0.3) is 5.91 Å². The molecule has 26 heavy (non-hydrogen) atoms. The van der Waals surface area contributed by atoms with Crippen LogP contribution in [0, 0.1) is 0 Å². The number of furan rings is 1. The molecule has 0 fully saturated rings. The molecule has 3 rings (SSSR count). The lowest BCUT2D eigenvalue weighted by Gasteiger charge is -2.02. The number of rotatable bonds is 7. The maximum atomic E-state index is 12.4. The smallest absolute Gasteiger partial charge is 0.339 e. The minimum absolute atomic E-state index is 0.0160. The number of aryl methyl sites for hydroxylation is 2. The Morgan fingerprint density at radius 3 is 2.73 bits per heavy atom. The molecule has 2 aromatic heterocycles. The molecule has 2 heterocycles. The molecule has 0 saturated carbocycles. The molecule has 1 aromatic carbocycles. The summed E-state index contributed by atoms with van der Waals surface area (Å²) < 4.78 is 5.38. The van der Waals surface area contributed by atoms with Crippen LogP contribution < -0.4 is 5.32 Å². The van der Waals surface area contributed by atoms with Crippen molar-refractivity contribution < 1.29 is 19.1 Å². The summed E-state index contributed by atoms with van der Waals surface area (Å²) in [4.78, 5) is 31.4. The SMILES string of the molecule is CCCCc1nc2ccc(NC(=O)c3cc(C(=O)O)c(CC)o3)cc2[nH]1. The van der Waals surface area contributed by atoms with Crippen molar-refractivity contribution in [3.8, 4) is 0 Å². The van der Waals surface area contributed by atoms with Crippen LogP contribution in [0.3, 0.4) is 0 Å². The number of H-pyrrole nitrogens is 1. The molecule has 0 unspecified atom stereocenters. The molecule has 0 bridgehead atoms. The van der Waals surface area contributed by atoms with E-state index in [1.165, 1.54) is 6.07 Å². The van der Waals surface area contributed by atoms with Gasteiger partial charge in [0, 0.05) is 24.6 Å². The number of hydrogen-bond donors (Lipinski definition) is 3. The number of unbranched alkanes of at least 4 members (excludes halogenated alkanes) is 1. The van der Waals surface area contributed by atoms with Crippen LogP contribution in [0.5, 0.6) is 0 Å². The van der Waals surface area contributed by atoms with E-state index in [0.717, 1.165) is 36.1 Å². The van der Waals surface area contributed by atoms with Gasteiger partial charge in [0.05, 0.1) is 11.0 Å². The van der Waals surface area contributed by atoms with Crippen LogP contribution in [0.15, 0.2) is 28.7 Å². The number of aromatic amines is 1. The third-order valence-electron chi connectivity index (χ3n) is 4.14. The summed E-state index contributed by atoms with van der Waals surface area (Å²) in [5, 5.41) is 11.9. The quantitative estimate of drug-likeness (QED) is 0.593. The molecule has 1 amide bonds. The first-order chi connectivity index (χ1) is 12.5. The van der Waals surface area contributed by atoms with Gasteiger partial charge in [0.15, 0.2) is 5.76 Å². The lowest BCUT2D eigenvalue weighted by atomic mass is 10.2. The Morgan fingerprint density at radius 1 is 1.27 bits per heavy atom. The van der Waals surface area contributed by atoms with Crippen molar-refractivity contribution in [2.45, 2.75) is 39.5 Å². The summed E-state index contributed by atoms with van der Waals surface area (Å²) in [6.45, 7) is 3.90. The van der Waals surface area contributed by atoms with E-state index in [-0.39, 0.29) is 17.1 Å². The fourth-order valence-corrected chi connectivity index (χ4v) is 2.78. The number of carbonyl (C=O) groups excluding carboxylic acids is 1. The van der Waals surface area contributed by atoms with E-state index in [1.807, 2.05) is 6.07 Å². The summed E-state index contributed by atoms with van der Waals surface area (Å²) in [6, 6.07) is 6.65. The van der Waals surface area contributed by atoms with Crippen LogP contribution in [-0.2, 0) is 12.8 Å². The van der Waals surface area contributed by atoms with Crippen molar-refractivity contribution in [3.63, 3.8) is 0 Å². The molecule has 0 aliphatic heterocycles. The zero-order valence-corrected chi connectivity index (χ0v) is 14.8. The number of aromatic nitrogens is 2. The minimum Gasteiger partial charge on any atom is -0.478 e. The molecular formula is C19H21N3O4. The molecule has 3 aromatic rings. The summed E-state index contributed by atoms with van der Waals surface area (Å²) in [5.74, 6) is -0.407. The van der Waals surface area contributed by atoms with Gasteiger partial charge in [-0.05, 0) is 24.6 Å². The highest BCUT2D eigenvalue weighted by atomic mass is 16.4. The second-order valence-corrected chi connectivity index (χ2v) is 6.08. The molecule has 136 valence electrons. The van der Waals surface area contributed by atoms with Gasteiger partial charge < -0.3 is 19.8 Å². The number of aromatic carboxylic acids is 1. The Kier molecular flexibility index (Phi) is 5.06. The summed E-state index contributed by atoms with van der Waals surface area (Å²) in [5.41, 5.74) is 2.28. The first-order valence-corrected chi connectivity index (χ1v) is 8.67. The van der Waals surface area contributed by atoms with Crippen molar-refractivity contribution >= 4 is 28.6 Å². The van der Waals surface area contributed by atoms with E-state index in [4.69, 9.17) is 9.52 Å². The molecular weight excluding hydrogens is 334 g/mol. The third kappa shape index (κ3) is 3.61. The van der Waals surface area contributed by atoms with Crippen LogP contribution in [-0.4, -0.2) is 27.0 Å². The Hall–Kier alpha value is -3.09. The molecule has 3 N–H and O–H groups in total. The number of fused-ring (bicyclic) bond motifs is 1. The maximum absolute atomic E-state index is 12.4. The topological polar surface area (TPSA) is 108 Å². The fourth-order valence-electron chi connectivity index (χ4n) is 2.78. The third-order valence-corrected chi connectivity index (χ3v) is 4.14. The molecule has 0 aliphatic carbocycles. The summed E-state index contributed by atoms with van der Waals surface area (Å²) >= 11 is 0. The van der Waals surface area contributed by atoms with E-state index in [2.05, 4.69) is 22.2 Å². The lowest BCUT2D eigenvalue weighted by Crippen LogP contribution is -2.10. The Balaban J connectivity index is 1.79. The second kappa shape index (κ2) is 7.43. The van der Waals surface area contributed by atoms with Crippen molar-refractivity contribution in [1.82, 2.24) is 9.97 Å². The number of amides is 1. The number of carboxylic acid groups (broad SMARTS) is 1. The number of nitrogens with zero attached hydrogens (tertiary/aromatic N) is 1. The summed E-state index contributed by atoms with van der Waals surface area (Å²) in [6.07, 6.45) is 3.44. The highest BCUT2D eigenvalue weighted by molar-refractivity contribution is 6.04. The number of imidazole rings is 1. The van der Waals surface area contributed by atoms with Crippen LogP contribution >= 0.6 is 0 Å². The zero-order valence-electron chi connectivity index (χ0n) is 14.8. The number of hydrogen-bond acceptors (Lipinski definition) is 4. The average molecular weight is 355 g/mol. The first-order valence-electron chi connectivity index (χ1n) is 8.67. The monoisotopic (exact) mass is 355 g/mol. The van der Waals surface area contributed by atoms with Crippen molar-refractivity contribution in [1.29, 1.82) is 0 Å². The normalized spacial score (nSPS) is 11.0. The highest BCUT2D eigenvalue weighted by Crippen LogP contribution is 2.21. The molecule has 7 nitrogen and oxygen atoms in total. The van der Waals surface area contributed by atoms with E-state index < -0.39 is 11.9 Å². The van der Waals surface area contributed by atoms with Gasteiger partial charge in [-0.15, -0.1) is 0 Å². The predicted octanol–water partition coefficient (Wildman–Crippen LogP) is 4.01. The van der Waals surface area contributed by atoms with E-state index in [9.17, 15) is 9.59 Å².